The van der Waals surface area contributed by atoms with Crippen LogP contribution in [0, 0.1) is 5.82 Å². The zero-order valence-electron chi connectivity index (χ0n) is 15.3. The number of pyridine rings is 1. The van der Waals surface area contributed by atoms with E-state index in [1.807, 2.05) is 24.3 Å². The lowest BCUT2D eigenvalue weighted by atomic mass is 10.0. The van der Waals surface area contributed by atoms with Crippen LogP contribution in [0.25, 0.3) is 16.8 Å². The molecule has 0 saturated carbocycles. The third-order valence-electron chi connectivity index (χ3n) is 4.50. The van der Waals surface area contributed by atoms with Crippen molar-refractivity contribution in [1.82, 2.24) is 14.6 Å². The van der Waals surface area contributed by atoms with E-state index < -0.39 is 29.2 Å². The second-order valence-corrected chi connectivity index (χ2v) is 6.59. The zero-order chi connectivity index (χ0) is 21.3. The smallest absolute Gasteiger partial charge is 0.323 e. The molecule has 0 aliphatic rings. The average molecular weight is 414 g/mol. The standard InChI is InChI=1S/C21H14F4N4O/c22-17-6-5-16(21(23,24)25)11-18(17)28-20(30)9-13-1-3-14(4-2-13)15-7-8-29-19(10-15)26-12-27-29/h1-8,10-12H,9H2,(H,28,30). The number of anilines is 1. The number of amides is 1. The summed E-state index contributed by atoms with van der Waals surface area (Å²) in [4.78, 5) is 16.3. The first-order valence-corrected chi connectivity index (χ1v) is 8.85. The topological polar surface area (TPSA) is 59.3 Å². The molecule has 0 unspecified atom stereocenters. The molecule has 1 amide bonds. The van der Waals surface area contributed by atoms with Crippen LogP contribution in [0.3, 0.4) is 0 Å². The summed E-state index contributed by atoms with van der Waals surface area (Å²) in [5.74, 6) is -1.55. The number of benzene rings is 2. The van der Waals surface area contributed by atoms with Crippen molar-refractivity contribution in [3.63, 3.8) is 0 Å². The van der Waals surface area contributed by atoms with Crippen molar-refractivity contribution >= 4 is 17.2 Å². The first-order valence-electron chi connectivity index (χ1n) is 8.85. The average Bonchev–Trinajstić information content (AvgIpc) is 3.17. The molecule has 1 N–H and O–H groups in total. The Bertz CT molecular complexity index is 1220. The highest BCUT2D eigenvalue weighted by Crippen LogP contribution is 2.32. The van der Waals surface area contributed by atoms with E-state index in [-0.39, 0.29) is 6.42 Å². The van der Waals surface area contributed by atoms with Gasteiger partial charge < -0.3 is 5.32 Å². The molecule has 0 atom stereocenters. The number of carbonyl (C=O) groups is 1. The molecule has 2 heterocycles. The van der Waals surface area contributed by atoms with E-state index >= 15 is 0 Å². The highest BCUT2D eigenvalue weighted by atomic mass is 19.4. The van der Waals surface area contributed by atoms with Gasteiger partial charge in [-0.2, -0.15) is 18.3 Å². The first-order chi connectivity index (χ1) is 14.3. The monoisotopic (exact) mass is 414 g/mol. The maximum absolute atomic E-state index is 13.8. The number of rotatable bonds is 4. The molecule has 9 heteroatoms. The maximum atomic E-state index is 13.8. The minimum Gasteiger partial charge on any atom is -0.323 e. The Hall–Kier alpha value is -3.75. The van der Waals surface area contributed by atoms with Crippen molar-refractivity contribution in [1.29, 1.82) is 0 Å². The number of carbonyl (C=O) groups excluding carboxylic acids is 1. The van der Waals surface area contributed by atoms with Crippen LogP contribution in [0.2, 0.25) is 0 Å². The summed E-state index contributed by atoms with van der Waals surface area (Å²) < 4.78 is 53.8. The maximum Gasteiger partial charge on any atom is 0.416 e. The third-order valence-corrected chi connectivity index (χ3v) is 4.50. The lowest BCUT2D eigenvalue weighted by molar-refractivity contribution is -0.137. The number of fused-ring (bicyclic) bond motifs is 1. The molecule has 0 bridgehead atoms. The van der Waals surface area contributed by atoms with Crippen molar-refractivity contribution < 1.29 is 22.4 Å². The summed E-state index contributed by atoms with van der Waals surface area (Å²) in [5.41, 5.74) is 1.60. The molecule has 4 aromatic rings. The Morgan fingerprint density at radius 1 is 1.00 bits per heavy atom. The molecular formula is C21H14F4N4O. The minimum absolute atomic E-state index is 0.112. The van der Waals surface area contributed by atoms with Gasteiger partial charge in [-0.15, -0.1) is 0 Å². The normalized spacial score (nSPS) is 11.6. The molecule has 152 valence electrons. The van der Waals surface area contributed by atoms with Gasteiger partial charge in [0, 0.05) is 6.20 Å². The number of nitrogens with one attached hydrogen (secondary N) is 1. The molecule has 0 aliphatic carbocycles. The van der Waals surface area contributed by atoms with E-state index in [1.165, 1.54) is 6.33 Å². The van der Waals surface area contributed by atoms with Gasteiger partial charge in [0.1, 0.15) is 12.1 Å². The molecule has 0 radical (unpaired) electrons. The lowest BCUT2D eigenvalue weighted by Crippen LogP contribution is -2.16. The van der Waals surface area contributed by atoms with Crippen LogP contribution in [0.5, 0.6) is 0 Å². The molecule has 5 nitrogen and oxygen atoms in total. The highest BCUT2D eigenvalue weighted by molar-refractivity contribution is 5.92. The molecular weight excluding hydrogens is 400 g/mol. The van der Waals surface area contributed by atoms with Gasteiger partial charge in [-0.1, -0.05) is 24.3 Å². The number of hydrogen-bond acceptors (Lipinski definition) is 3. The van der Waals surface area contributed by atoms with Crippen LogP contribution in [0.4, 0.5) is 23.2 Å². The minimum atomic E-state index is -4.63. The third kappa shape index (κ3) is 4.14. The van der Waals surface area contributed by atoms with Gasteiger partial charge in [0.15, 0.2) is 5.65 Å². The Kier molecular flexibility index (Phi) is 4.94. The molecule has 2 aromatic heterocycles. The van der Waals surface area contributed by atoms with Crippen LogP contribution in [0.15, 0.2) is 67.1 Å². The molecule has 30 heavy (non-hydrogen) atoms. The van der Waals surface area contributed by atoms with Crippen LogP contribution in [0.1, 0.15) is 11.1 Å². The van der Waals surface area contributed by atoms with E-state index in [1.54, 1.807) is 22.8 Å². The Morgan fingerprint density at radius 2 is 1.77 bits per heavy atom. The summed E-state index contributed by atoms with van der Waals surface area (Å²) in [6, 6.07) is 12.7. The molecule has 0 fully saturated rings. The largest absolute Gasteiger partial charge is 0.416 e. The number of alkyl halides is 3. The second kappa shape index (κ2) is 7.58. The van der Waals surface area contributed by atoms with Crippen molar-refractivity contribution in [2.45, 2.75) is 12.6 Å². The summed E-state index contributed by atoms with van der Waals surface area (Å²) in [7, 11) is 0. The van der Waals surface area contributed by atoms with Crippen LogP contribution >= 0.6 is 0 Å². The van der Waals surface area contributed by atoms with Gasteiger partial charge in [0.2, 0.25) is 5.91 Å². The summed E-state index contributed by atoms with van der Waals surface area (Å²) in [6.45, 7) is 0. The van der Waals surface area contributed by atoms with E-state index in [9.17, 15) is 22.4 Å². The van der Waals surface area contributed by atoms with Crippen molar-refractivity contribution in [2.75, 3.05) is 5.32 Å². The fourth-order valence-electron chi connectivity index (χ4n) is 2.99. The predicted molar refractivity (Wildman–Crippen MR) is 102 cm³/mol. The van der Waals surface area contributed by atoms with E-state index in [0.717, 1.165) is 11.1 Å². The number of halogens is 4. The van der Waals surface area contributed by atoms with Gasteiger partial charge >= 0.3 is 6.18 Å². The fraction of sp³-hybridized carbons (Fsp3) is 0.0952. The van der Waals surface area contributed by atoms with E-state index in [4.69, 9.17) is 0 Å². The molecule has 2 aromatic carbocycles. The van der Waals surface area contributed by atoms with Gasteiger partial charge in [-0.25, -0.2) is 13.9 Å². The molecule has 0 aliphatic heterocycles. The zero-order valence-corrected chi connectivity index (χ0v) is 15.3. The predicted octanol–water partition coefficient (Wildman–Crippen LogP) is 4.74. The first kappa shape index (κ1) is 19.6. The van der Waals surface area contributed by atoms with Crippen LogP contribution in [-0.2, 0) is 17.4 Å². The summed E-state index contributed by atoms with van der Waals surface area (Å²) >= 11 is 0. The summed E-state index contributed by atoms with van der Waals surface area (Å²) in [6.07, 6.45) is -1.51. The quantitative estimate of drug-likeness (QED) is 0.491. The van der Waals surface area contributed by atoms with Crippen molar-refractivity contribution in [2.24, 2.45) is 0 Å². The number of nitrogens with zero attached hydrogens (tertiary/aromatic N) is 3. The van der Waals surface area contributed by atoms with E-state index in [2.05, 4.69) is 15.4 Å². The Balaban J connectivity index is 1.46. The van der Waals surface area contributed by atoms with E-state index in [0.29, 0.717) is 29.4 Å². The van der Waals surface area contributed by atoms with Crippen molar-refractivity contribution in [3.05, 3.63) is 84.1 Å². The van der Waals surface area contributed by atoms with Gasteiger partial charge in [-0.05, 0) is 47.0 Å². The van der Waals surface area contributed by atoms with Crippen LogP contribution < -0.4 is 5.32 Å². The Morgan fingerprint density at radius 3 is 2.50 bits per heavy atom. The van der Waals surface area contributed by atoms with Crippen molar-refractivity contribution in [3.8, 4) is 11.1 Å². The highest BCUT2D eigenvalue weighted by Gasteiger charge is 2.31. The number of hydrogen-bond donors (Lipinski definition) is 1. The van der Waals surface area contributed by atoms with Crippen LogP contribution in [-0.4, -0.2) is 20.5 Å². The molecule has 0 spiro atoms. The Labute approximate surface area is 168 Å². The number of aromatic nitrogens is 3. The second-order valence-electron chi connectivity index (χ2n) is 6.59. The van der Waals surface area contributed by atoms with Gasteiger partial charge in [-0.3, -0.25) is 4.79 Å². The lowest BCUT2D eigenvalue weighted by Gasteiger charge is -2.11. The molecule has 0 saturated heterocycles. The molecule has 4 rings (SSSR count). The SMILES string of the molecule is O=C(Cc1ccc(-c2ccn3ncnc3c2)cc1)Nc1cc(C(F)(F)F)ccc1F. The van der Waals surface area contributed by atoms with Gasteiger partial charge in [0.25, 0.3) is 0 Å². The fourth-order valence-corrected chi connectivity index (χ4v) is 2.99. The van der Waals surface area contributed by atoms with Gasteiger partial charge in [0.05, 0.1) is 17.7 Å². The summed E-state index contributed by atoms with van der Waals surface area (Å²) in [5, 5.41) is 6.23.